The molecule has 1 aromatic heterocycles. The van der Waals surface area contributed by atoms with E-state index in [4.69, 9.17) is 4.74 Å². The highest BCUT2D eigenvalue weighted by Crippen LogP contribution is 2.26. The van der Waals surface area contributed by atoms with E-state index in [1.165, 1.54) is 11.1 Å². The Morgan fingerprint density at radius 2 is 1.95 bits per heavy atom. The van der Waals surface area contributed by atoms with Gasteiger partial charge in [0.2, 0.25) is 0 Å². The maximum atomic E-state index is 6.00. The third-order valence-corrected chi connectivity index (χ3v) is 3.27. The Kier molecular flexibility index (Phi) is 4.74. The van der Waals surface area contributed by atoms with Crippen molar-refractivity contribution in [2.24, 2.45) is 0 Å². The van der Waals surface area contributed by atoms with E-state index in [0.29, 0.717) is 6.04 Å². The normalized spacial score (nSPS) is 10.8. The summed E-state index contributed by atoms with van der Waals surface area (Å²) in [6, 6.07) is 8.49. The van der Waals surface area contributed by atoms with Crippen LogP contribution < -0.4 is 10.1 Å². The first-order chi connectivity index (χ1) is 9.56. The number of aryl methyl sites for hydroxylation is 2. The van der Waals surface area contributed by atoms with Gasteiger partial charge < -0.3 is 10.1 Å². The summed E-state index contributed by atoms with van der Waals surface area (Å²) in [4.78, 5) is 4.18. The molecule has 0 atom stereocenters. The topological polar surface area (TPSA) is 34.1 Å². The molecule has 20 heavy (non-hydrogen) atoms. The van der Waals surface area contributed by atoms with Crippen LogP contribution in [0.25, 0.3) is 0 Å². The summed E-state index contributed by atoms with van der Waals surface area (Å²) >= 11 is 0. The SMILES string of the molecule is Cc1ccc(Oc2ccncc2CNC(C)C)cc1C. The Bertz CT molecular complexity index is 579. The highest BCUT2D eigenvalue weighted by atomic mass is 16.5. The molecule has 2 aromatic rings. The molecule has 0 spiro atoms. The molecular formula is C17H22N2O. The van der Waals surface area contributed by atoms with Crippen LogP contribution in [0.3, 0.4) is 0 Å². The summed E-state index contributed by atoms with van der Waals surface area (Å²) in [7, 11) is 0. The Morgan fingerprint density at radius 3 is 2.65 bits per heavy atom. The van der Waals surface area contributed by atoms with Crippen LogP contribution in [0, 0.1) is 13.8 Å². The second-order valence-electron chi connectivity index (χ2n) is 5.37. The Hall–Kier alpha value is -1.87. The van der Waals surface area contributed by atoms with Crippen molar-refractivity contribution in [3.63, 3.8) is 0 Å². The first-order valence-corrected chi connectivity index (χ1v) is 6.97. The number of benzene rings is 1. The van der Waals surface area contributed by atoms with Gasteiger partial charge in [-0.3, -0.25) is 4.98 Å². The number of hydrogen-bond donors (Lipinski definition) is 1. The van der Waals surface area contributed by atoms with Gasteiger partial charge >= 0.3 is 0 Å². The van der Waals surface area contributed by atoms with E-state index >= 15 is 0 Å². The van der Waals surface area contributed by atoms with Crippen molar-refractivity contribution in [1.29, 1.82) is 0 Å². The monoisotopic (exact) mass is 270 g/mol. The van der Waals surface area contributed by atoms with Crippen LogP contribution in [0.4, 0.5) is 0 Å². The zero-order valence-electron chi connectivity index (χ0n) is 12.6. The van der Waals surface area contributed by atoms with Gasteiger partial charge in [-0.05, 0) is 43.2 Å². The average Bonchev–Trinajstić information content (AvgIpc) is 2.42. The average molecular weight is 270 g/mol. The molecule has 0 unspecified atom stereocenters. The predicted molar refractivity (Wildman–Crippen MR) is 82.2 cm³/mol. The minimum absolute atomic E-state index is 0.435. The number of hydrogen-bond acceptors (Lipinski definition) is 3. The third kappa shape index (κ3) is 3.81. The predicted octanol–water partition coefficient (Wildman–Crippen LogP) is 3.99. The summed E-state index contributed by atoms with van der Waals surface area (Å²) in [5, 5.41) is 3.39. The van der Waals surface area contributed by atoms with Crippen molar-refractivity contribution in [3.8, 4) is 11.5 Å². The number of ether oxygens (including phenoxy) is 1. The highest BCUT2D eigenvalue weighted by Gasteiger charge is 2.06. The maximum absolute atomic E-state index is 6.00. The van der Waals surface area contributed by atoms with Gasteiger partial charge in [-0.15, -0.1) is 0 Å². The molecule has 3 heteroatoms. The van der Waals surface area contributed by atoms with Crippen LogP contribution >= 0.6 is 0 Å². The van der Waals surface area contributed by atoms with E-state index in [2.05, 4.69) is 50.1 Å². The molecule has 2 rings (SSSR count). The fraction of sp³-hybridized carbons (Fsp3) is 0.353. The van der Waals surface area contributed by atoms with Gasteiger partial charge in [0.25, 0.3) is 0 Å². The number of rotatable bonds is 5. The standard InChI is InChI=1S/C17H22N2O/c1-12(2)19-11-15-10-18-8-7-17(15)20-16-6-5-13(3)14(4)9-16/h5-10,12,19H,11H2,1-4H3. The lowest BCUT2D eigenvalue weighted by Gasteiger charge is -2.13. The maximum Gasteiger partial charge on any atom is 0.134 e. The Labute approximate surface area is 121 Å². The van der Waals surface area contributed by atoms with Crippen LogP contribution in [0.1, 0.15) is 30.5 Å². The number of pyridine rings is 1. The molecule has 0 saturated carbocycles. The second-order valence-corrected chi connectivity index (χ2v) is 5.37. The van der Waals surface area contributed by atoms with E-state index in [1.54, 1.807) is 6.20 Å². The number of nitrogens with one attached hydrogen (secondary N) is 1. The quantitative estimate of drug-likeness (QED) is 0.892. The third-order valence-electron chi connectivity index (χ3n) is 3.27. The zero-order valence-corrected chi connectivity index (χ0v) is 12.6. The number of nitrogens with zero attached hydrogens (tertiary/aromatic N) is 1. The molecule has 0 aliphatic heterocycles. The molecule has 0 bridgehead atoms. The Balaban J connectivity index is 2.17. The fourth-order valence-electron chi connectivity index (χ4n) is 1.87. The lowest BCUT2D eigenvalue weighted by atomic mass is 10.1. The summed E-state index contributed by atoms with van der Waals surface area (Å²) < 4.78 is 6.00. The lowest BCUT2D eigenvalue weighted by molar-refractivity contribution is 0.468. The van der Waals surface area contributed by atoms with Crippen LogP contribution in [-0.2, 0) is 6.54 Å². The molecule has 1 heterocycles. The van der Waals surface area contributed by atoms with Crippen LogP contribution in [0.5, 0.6) is 11.5 Å². The molecule has 0 saturated heterocycles. The van der Waals surface area contributed by atoms with Crippen molar-refractivity contribution >= 4 is 0 Å². The van der Waals surface area contributed by atoms with Gasteiger partial charge in [0.15, 0.2) is 0 Å². The molecule has 3 nitrogen and oxygen atoms in total. The van der Waals surface area contributed by atoms with E-state index in [0.717, 1.165) is 23.6 Å². The van der Waals surface area contributed by atoms with E-state index in [-0.39, 0.29) is 0 Å². The minimum Gasteiger partial charge on any atom is -0.457 e. The van der Waals surface area contributed by atoms with E-state index < -0.39 is 0 Å². The molecule has 0 radical (unpaired) electrons. The van der Waals surface area contributed by atoms with Gasteiger partial charge in [-0.1, -0.05) is 19.9 Å². The largest absolute Gasteiger partial charge is 0.457 e. The second kappa shape index (κ2) is 6.53. The van der Waals surface area contributed by atoms with Gasteiger partial charge in [-0.2, -0.15) is 0 Å². The first kappa shape index (κ1) is 14.5. The van der Waals surface area contributed by atoms with Gasteiger partial charge in [0, 0.05) is 30.5 Å². The molecule has 0 fully saturated rings. The summed E-state index contributed by atoms with van der Waals surface area (Å²) in [5.41, 5.74) is 3.58. The summed E-state index contributed by atoms with van der Waals surface area (Å²) in [5.74, 6) is 1.72. The van der Waals surface area contributed by atoms with Crippen LogP contribution in [0.2, 0.25) is 0 Å². The van der Waals surface area contributed by atoms with E-state index in [9.17, 15) is 0 Å². The van der Waals surface area contributed by atoms with Gasteiger partial charge in [0.1, 0.15) is 11.5 Å². The highest BCUT2D eigenvalue weighted by molar-refractivity contribution is 5.39. The number of aromatic nitrogens is 1. The smallest absolute Gasteiger partial charge is 0.134 e. The summed E-state index contributed by atoms with van der Waals surface area (Å²) in [6.07, 6.45) is 3.61. The van der Waals surface area contributed by atoms with Crippen molar-refractivity contribution in [2.75, 3.05) is 0 Å². The molecule has 0 amide bonds. The molecular weight excluding hydrogens is 248 g/mol. The molecule has 106 valence electrons. The Morgan fingerprint density at radius 1 is 1.15 bits per heavy atom. The first-order valence-electron chi connectivity index (χ1n) is 6.97. The molecule has 0 aliphatic rings. The van der Waals surface area contributed by atoms with Crippen LogP contribution in [0.15, 0.2) is 36.7 Å². The fourth-order valence-corrected chi connectivity index (χ4v) is 1.87. The van der Waals surface area contributed by atoms with Crippen LogP contribution in [-0.4, -0.2) is 11.0 Å². The zero-order chi connectivity index (χ0) is 14.5. The minimum atomic E-state index is 0.435. The van der Waals surface area contributed by atoms with Crippen molar-refractivity contribution in [3.05, 3.63) is 53.3 Å². The van der Waals surface area contributed by atoms with Gasteiger partial charge in [0.05, 0.1) is 0 Å². The van der Waals surface area contributed by atoms with Crippen molar-refractivity contribution in [1.82, 2.24) is 10.3 Å². The van der Waals surface area contributed by atoms with Gasteiger partial charge in [-0.25, -0.2) is 0 Å². The van der Waals surface area contributed by atoms with E-state index in [1.807, 2.05) is 18.3 Å². The van der Waals surface area contributed by atoms with Crippen molar-refractivity contribution < 1.29 is 4.74 Å². The van der Waals surface area contributed by atoms with Crippen molar-refractivity contribution in [2.45, 2.75) is 40.3 Å². The molecule has 1 N–H and O–H groups in total. The summed E-state index contributed by atoms with van der Waals surface area (Å²) in [6.45, 7) is 9.20. The lowest BCUT2D eigenvalue weighted by Crippen LogP contribution is -2.22. The molecule has 1 aromatic carbocycles. The molecule has 0 aliphatic carbocycles.